The molecule has 116 valence electrons. The van der Waals surface area contributed by atoms with Crippen LogP contribution in [0.5, 0.6) is 0 Å². The van der Waals surface area contributed by atoms with Crippen LogP contribution >= 0.6 is 11.3 Å². The van der Waals surface area contributed by atoms with Crippen LogP contribution in [0.25, 0.3) is 0 Å². The number of nitrogens with zero attached hydrogens (tertiary/aromatic N) is 4. The Morgan fingerprint density at radius 3 is 2.86 bits per heavy atom. The second-order valence-corrected chi connectivity index (χ2v) is 6.74. The first kappa shape index (κ1) is 14.9. The molecule has 6 nitrogen and oxygen atoms in total. The average molecular weight is 317 g/mol. The maximum atomic E-state index is 12.3. The minimum Gasteiger partial charge on any atom is -0.367 e. The minimum atomic E-state index is 0.198. The molecule has 22 heavy (non-hydrogen) atoms. The van der Waals surface area contributed by atoms with Crippen molar-refractivity contribution in [2.24, 2.45) is 0 Å². The fourth-order valence-electron chi connectivity index (χ4n) is 2.61. The van der Waals surface area contributed by atoms with Crippen LogP contribution in [0.3, 0.4) is 0 Å². The zero-order valence-corrected chi connectivity index (χ0v) is 13.3. The average Bonchev–Trinajstić information content (AvgIpc) is 2.94. The smallest absolute Gasteiger partial charge is 0.227 e. The number of rotatable bonds is 4. The molecule has 2 aromatic rings. The predicted molar refractivity (Wildman–Crippen MR) is 85.8 cm³/mol. The van der Waals surface area contributed by atoms with Crippen LogP contribution in [-0.4, -0.2) is 44.9 Å². The highest BCUT2D eigenvalue weighted by molar-refractivity contribution is 7.11. The second kappa shape index (κ2) is 6.83. The zero-order valence-electron chi connectivity index (χ0n) is 12.5. The molecule has 0 radical (unpaired) electrons. The van der Waals surface area contributed by atoms with E-state index in [2.05, 4.69) is 20.3 Å². The SMILES string of the molecule is Cc1ncc(CC(=O)N2CCC(Nc3ccncn3)CC2)s1. The molecule has 0 unspecified atom stereocenters. The summed E-state index contributed by atoms with van der Waals surface area (Å²) in [5.41, 5.74) is 0. The van der Waals surface area contributed by atoms with Crippen molar-refractivity contribution in [1.82, 2.24) is 19.9 Å². The fourth-order valence-corrected chi connectivity index (χ4v) is 3.39. The number of aryl methyl sites for hydroxylation is 1. The van der Waals surface area contributed by atoms with Crippen molar-refractivity contribution in [2.75, 3.05) is 18.4 Å². The quantitative estimate of drug-likeness (QED) is 0.932. The topological polar surface area (TPSA) is 71.0 Å². The highest BCUT2D eigenvalue weighted by Crippen LogP contribution is 2.17. The first-order valence-electron chi connectivity index (χ1n) is 7.42. The number of amides is 1. The van der Waals surface area contributed by atoms with Crippen molar-refractivity contribution in [1.29, 1.82) is 0 Å². The summed E-state index contributed by atoms with van der Waals surface area (Å²) >= 11 is 1.60. The molecular weight excluding hydrogens is 298 g/mol. The molecule has 0 saturated carbocycles. The largest absolute Gasteiger partial charge is 0.367 e. The number of likely N-dealkylation sites (tertiary alicyclic amines) is 1. The van der Waals surface area contributed by atoms with Gasteiger partial charge in [-0.25, -0.2) is 15.0 Å². The summed E-state index contributed by atoms with van der Waals surface area (Å²) in [5.74, 6) is 1.05. The molecule has 0 aromatic carbocycles. The number of nitrogens with one attached hydrogen (secondary N) is 1. The van der Waals surface area contributed by atoms with E-state index in [-0.39, 0.29) is 5.91 Å². The lowest BCUT2D eigenvalue weighted by Gasteiger charge is -2.32. The number of aromatic nitrogens is 3. The van der Waals surface area contributed by atoms with Crippen molar-refractivity contribution in [3.05, 3.63) is 34.7 Å². The molecule has 0 spiro atoms. The molecule has 3 heterocycles. The van der Waals surface area contributed by atoms with E-state index in [1.54, 1.807) is 23.7 Å². The van der Waals surface area contributed by atoms with Crippen LogP contribution in [0, 0.1) is 6.92 Å². The third-order valence-electron chi connectivity index (χ3n) is 3.78. The predicted octanol–water partition coefficient (Wildman–Crippen LogP) is 1.89. The first-order valence-corrected chi connectivity index (χ1v) is 8.24. The highest BCUT2D eigenvalue weighted by atomic mass is 32.1. The number of anilines is 1. The van der Waals surface area contributed by atoms with E-state index in [1.165, 1.54) is 6.33 Å². The molecule has 1 N–H and O–H groups in total. The van der Waals surface area contributed by atoms with Crippen molar-refractivity contribution >= 4 is 23.1 Å². The van der Waals surface area contributed by atoms with Gasteiger partial charge in [0.05, 0.1) is 11.4 Å². The van der Waals surface area contributed by atoms with Gasteiger partial charge in [0, 0.05) is 36.4 Å². The molecular formula is C15H19N5OS. The lowest BCUT2D eigenvalue weighted by atomic mass is 10.0. The van der Waals surface area contributed by atoms with E-state index in [0.29, 0.717) is 12.5 Å². The molecule has 3 rings (SSSR count). The van der Waals surface area contributed by atoms with Gasteiger partial charge in [0.15, 0.2) is 0 Å². The molecule has 0 atom stereocenters. The Bertz CT molecular complexity index is 622. The van der Waals surface area contributed by atoms with E-state index in [1.807, 2.05) is 17.9 Å². The van der Waals surface area contributed by atoms with Crippen molar-refractivity contribution in [2.45, 2.75) is 32.2 Å². The van der Waals surface area contributed by atoms with E-state index >= 15 is 0 Å². The Labute approximate surface area is 133 Å². The molecule has 2 aromatic heterocycles. The fraction of sp³-hybridized carbons (Fsp3) is 0.467. The van der Waals surface area contributed by atoms with Crippen molar-refractivity contribution in [3.63, 3.8) is 0 Å². The zero-order chi connectivity index (χ0) is 15.4. The van der Waals surface area contributed by atoms with E-state index < -0.39 is 0 Å². The molecule has 0 aliphatic carbocycles. The Morgan fingerprint density at radius 1 is 1.41 bits per heavy atom. The summed E-state index contributed by atoms with van der Waals surface area (Å²) < 4.78 is 0. The maximum absolute atomic E-state index is 12.3. The van der Waals surface area contributed by atoms with Gasteiger partial charge in [-0.2, -0.15) is 0 Å². The van der Waals surface area contributed by atoms with Crippen LogP contribution in [-0.2, 0) is 11.2 Å². The molecule has 1 saturated heterocycles. The molecule has 1 aliphatic heterocycles. The third kappa shape index (κ3) is 3.79. The lowest BCUT2D eigenvalue weighted by Crippen LogP contribution is -2.43. The van der Waals surface area contributed by atoms with Crippen LogP contribution in [0.2, 0.25) is 0 Å². The Kier molecular flexibility index (Phi) is 4.62. The normalized spacial score (nSPS) is 15.8. The van der Waals surface area contributed by atoms with Gasteiger partial charge in [-0.1, -0.05) is 0 Å². The van der Waals surface area contributed by atoms with Gasteiger partial charge in [-0.05, 0) is 25.8 Å². The standard InChI is InChI=1S/C15H19N5OS/c1-11-17-9-13(22-11)8-15(21)20-6-3-12(4-7-20)19-14-2-5-16-10-18-14/h2,5,9-10,12H,3-4,6-8H2,1H3,(H,16,18,19). The molecule has 1 aliphatic rings. The van der Waals surface area contributed by atoms with Gasteiger partial charge in [0.2, 0.25) is 5.91 Å². The van der Waals surface area contributed by atoms with Gasteiger partial charge in [-0.3, -0.25) is 4.79 Å². The highest BCUT2D eigenvalue weighted by Gasteiger charge is 2.23. The van der Waals surface area contributed by atoms with Gasteiger partial charge in [0.25, 0.3) is 0 Å². The Balaban J connectivity index is 1.48. The number of hydrogen-bond donors (Lipinski definition) is 1. The lowest BCUT2D eigenvalue weighted by molar-refractivity contribution is -0.131. The number of piperidine rings is 1. The first-order chi connectivity index (χ1) is 10.7. The van der Waals surface area contributed by atoms with Crippen LogP contribution in [0.1, 0.15) is 22.7 Å². The summed E-state index contributed by atoms with van der Waals surface area (Å²) in [4.78, 5) is 27.6. The van der Waals surface area contributed by atoms with Crippen molar-refractivity contribution < 1.29 is 4.79 Å². The summed E-state index contributed by atoms with van der Waals surface area (Å²) in [5, 5.41) is 4.41. The molecule has 1 amide bonds. The number of thiazole rings is 1. The van der Waals surface area contributed by atoms with Gasteiger partial charge in [0.1, 0.15) is 12.1 Å². The van der Waals surface area contributed by atoms with E-state index in [9.17, 15) is 4.79 Å². The summed E-state index contributed by atoms with van der Waals surface area (Å²) in [6.45, 7) is 3.54. The number of hydrogen-bond acceptors (Lipinski definition) is 6. The Morgan fingerprint density at radius 2 is 2.23 bits per heavy atom. The summed E-state index contributed by atoms with van der Waals surface area (Å²) in [6, 6.07) is 2.23. The van der Waals surface area contributed by atoms with Gasteiger partial charge >= 0.3 is 0 Å². The van der Waals surface area contributed by atoms with Crippen LogP contribution in [0.15, 0.2) is 24.8 Å². The maximum Gasteiger partial charge on any atom is 0.227 e. The second-order valence-electron chi connectivity index (χ2n) is 5.42. The van der Waals surface area contributed by atoms with Gasteiger partial charge < -0.3 is 10.2 Å². The molecule has 7 heteroatoms. The van der Waals surface area contributed by atoms with Crippen molar-refractivity contribution in [3.8, 4) is 0 Å². The monoisotopic (exact) mass is 317 g/mol. The van der Waals surface area contributed by atoms with Gasteiger partial charge in [-0.15, -0.1) is 11.3 Å². The van der Waals surface area contributed by atoms with E-state index in [4.69, 9.17) is 0 Å². The third-order valence-corrected chi connectivity index (χ3v) is 4.69. The number of carbonyl (C=O) groups excluding carboxylic acids is 1. The molecule has 1 fully saturated rings. The minimum absolute atomic E-state index is 0.198. The summed E-state index contributed by atoms with van der Waals surface area (Å²) in [7, 11) is 0. The number of carbonyl (C=O) groups is 1. The van der Waals surface area contributed by atoms with Crippen LogP contribution in [0.4, 0.5) is 5.82 Å². The van der Waals surface area contributed by atoms with Crippen LogP contribution < -0.4 is 5.32 Å². The summed E-state index contributed by atoms with van der Waals surface area (Å²) in [6.07, 6.45) is 7.43. The molecule has 0 bridgehead atoms. The van der Waals surface area contributed by atoms with E-state index in [0.717, 1.165) is 41.6 Å². The Hall–Kier alpha value is -2.02.